The van der Waals surface area contributed by atoms with E-state index in [2.05, 4.69) is 20.8 Å². The molecule has 1 aliphatic carbocycles. The summed E-state index contributed by atoms with van der Waals surface area (Å²) in [5.74, 6) is 1.52. The number of hydrogen-bond donors (Lipinski definition) is 1. The van der Waals surface area contributed by atoms with Crippen LogP contribution in [0.4, 0.5) is 0 Å². The van der Waals surface area contributed by atoms with Crippen LogP contribution in [-0.2, 0) is 0 Å². The Bertz CT molecular complexity index is 411. The van der Waals surface area contributed by atoms with E-state index in [0.717, 1.165) is 5.92 Å². The van der Waals surface area contributed by atoms with Crippen LogP contribution in [0.3, 0.4) is 0 Å². The highest BCUT2D eigenvalue weighted by Crippen LogP contribution is 2.46. The Balaban J connectivity index is 2.24. The van der Waals surface area contributed by atoms with Gasteiger partial charge in [-0.3, -0.25) is 0 Å². The van der Waals surface area contributed by atoms with Crippen molar-refractivity contribution in [2.45, 2.75) is 46.0 Å². The van der Waals surface area contributed by atoms with Crippen molar-refractivity contribution in [2.24, 2.45) is 11.3 Å². The number of aromatic hydroxyl groups is 1. The van der Waals surface area contributed by atoms with Crippen molar-refractivity contribution in [1.29, 1.82) is 0 Å². The van der Waals surface area contributed by atoms with Gasteiger partial charge >= 0.3 is 0 Å². The maximum Gasteiger partial charge on any atom is 0.134 e. The lowest BCUT2D eigenvalue weighted by atomic mass is 9.66. The predicted molar refractivity (Wildman–Crippen MR) is 72.7 cm³/mol. The van der Waals surface area contributed by atoms with Crippen molar-refractivity contribution >= 4 is 11.6 Å². The van der Waals surface area contributed by atoms with Gasteiger partial charge in [-0.1, -0.05) is 38.4 Å². The Labute approximate surface area is 109 Å². The highest BCUT2D eigenvalue weighted by Gasteiger charge is 2.32. The third kappa shape index (κ3) is 2.95. The third-order valence-electron chi connectivity index (χ3n) is 3.83. The van der Waals surface area contributed by atoms with Crippen LogP contribution in [0.25, 0.3) is 0 Å². The van der Waals surface area contributed by atoms with E-state index in [0.29, 0.717) is 16.4 Å². The van der Waals surface area contributed by atoms with Gasteiger partial charge in [0.05, 0.1) is 5.02 Å². The molecule has 2 rings (SSSR count). The Morgan fingerprint density at radius 1 is 1.29 bits per heavy atom. The van der Waals surface area contributed by atoms with Gasteiger partial charge in [-0.05, 0) is 54.2 Å². The number of halogens is 1. The Hall–Kier alpha value is -0.690. The lowest BCUT2D eigenvalue weighted by Crippen LogP contribution is -2.26. The first-order chi connectivity index (χ1) is 7.87. The summed E-state index contributed by atoms with van der Waals surface area (Å²) in [5.41, 5.74) is 1.68. The quantitative estimate of drug-likeness (QED) is 0.748. The molecule has 1 aromatic carbocycles. The molecule has 0 bridgehead atoms. The second-order valence-corrected chi connectivity index (χ2v) is 6.73. The molecule has 94 valence electrons. The van der Waals surface area contributed by atoms with Crippen molar-refractivity contribution in [3.8, 4) is 5.75 Å². The van der Waals surface area contributed by atoms with Crippen LogP contribution in [0.15, 0.2) is 18.2 Å². The molecule has 2 heteroatoms. The maximum atomic E-state index is 9.46. The molecule has 0 aliphatic heterocycles. The molecule has 1 N–H and O–H groups in total. The smallest absolute Gasteiger partial charge is 0.134 e. The molecule has 1 aromatic rings. The summed E-state index contributed by atoms with van der Waals surface area (Å²) in [6, 6.07) is 5.65. The largest absolute Gasteiger partial charge is 0.506 e. The van der Waals surface area contributed by atoms with Crippen molar-refractivity contribution < 1.29 is 5.11 Å². The number of phenolic OH excluding ortho intramolecular Hbond substituents is 1. The minimum absolute atomic E-state index is 0.179. The molecule has 0 aromatic heterocycles. The van der Waals surface area contributed by atoms with E-state index in [1.54, 1.807) is 6.07 Å². The van der Waals surface area contributed by atoms with Gasteiger partial charge in [-0.2, -0.15) is 0 Å². The number of hydrogen-bond acceptors (Lipinski definition) is 1. The topological polar surface area (TPSA) is 20.2 Å². The van der Waals surface area contributed by atoms with Gasteiger partial charge in [0.1, 0.15) is 5.75 Å². The first kappa shape index (κ1) is 12.8. The van der Waals surface area contributed by atoms with E-state index in [9.17, 15) is 5.11 Å². The predicted octanol–water partition coefficient (Wildman–Crippen LogP) is 4.98. The molecular formula is C15H21ClO. The lowest BCUT2D eigenvalue weighted by molar-refractivity contribution is 0.168. The lowest BCUT2D eigenvalue weighted by Gasteiger charge is -2.39. The molecular weight excluding hydrogens is 232 g/mol. The van der Waals surface area contributed by atoms with Crippen molar-refractivity contribution in [2.75, 3.05) is 0 Å². The van der Waals surface area contributed by atoms with Gasteiger partial charge in [-0.25, -0.2) is 0 Å². The summed E-state index contributed by atoms with van der Waals surface area (Å²) >= 11 is 5.99. The highest BCUT2D eigenvalue weighted by atomic mass is 35.5. The van der Waals surface area contributed by atoms with Crippen LogP contribution < -0.4 is 0 Å². The number of rotatable bonds is 1. The zero-order chi connectivity index (χ0) is 12.6. The highest BCUT2D eigenvalue weighted by molar-refractivity contribution is 6.32. The Morgan fingerprint density at radius 3 is 2.59 bits per heavy atom. The summed E-state index contributed by atoms with van der Waals surface area (Å²) in [5, 5.41) is 9.94. The molecule has 1 nitrogen and oxygen atoms in total. The Kier molecular flexibility index (Phi) is 3.40. The molecule has 2 unspecified atom stereocenters. The fourth-order valence-corrected chi connectivity index (χ4v) is 3.57. The molecule has 1 fully saturated rings. The third-order valence-corrected chi connectivity index (χ3v) is 4.13. The van der Waals surface area contributed by atoms with E-state index in [1.807, 2.05) is 12.1 Å². The van der Waals surface area contributed by atoms with Gasteiger partial charge in [0.15, 0.2) is 0 Å². The molecule has 0 heterocycles. The summed E-state index contributed by atoms with van der Waals surface area (Å²) < 4.78 is 0. The number of phenols is 1. The van der Waals surface area contributed by atoms with Gasteiger partial charge in [0, 0.05) is 0 Å². The average molecular weight is 253 g/mol. The molecule has 0 spiro atoms. The van der Waals surface area contributed by atoms with E-state index >= 15 is 0 Å². The number of benzene rings is 1. The van der Waals surface area contributed by atoms with Gasteiger partial charge in [-0.15, -0.1) is 0 Å². The van der Waals surface area contributed by atoms with E-state index in [1.165, 1.54) is 24.8 Å². The van der Waals surface area contributed by atoms with Crippen molar-refractivity contribution in [3.05, 3.63) is 28.8 Å². The second-order valence-electron chi connectivity index (χ2n) is 6.32. The zero-order valence-electron chi connectivity index (χ0n) is 10.8. The molecule has 1 aliphatic rings. The van der Waals surface area contributed by atoms with E-state index in [-0.39, 0.29) is 5.75 Å². The van der Waals surface area contributed by atoms with Crippen LogP contribution in [0.5, 0.6) is 5.75 Å². The first-order valence-electron chi connectivity index (χ1n) is 6.36. The summed E-state index contributed by atoms with van der Waals surface area (Å²) in [6.07, 6.45) is 3.73. The maximum absolute atomic E-state index is 9.46. The van der Waals surface area contributed by atoms with E-state index < -0.39 is 0 Å². The fourth-order valence-electron chi connectivity index (χ4n) is 3.38. The Morgan fingerprint density at radius 2 is 2.00 bits per heavy atom. The van der Waals surface area contributed by atoms with Crippen molar-refractivity contribution in [1.82, 2.24) is 0 Å². The van der Waals surface area contributed by atoms with Gasteiger partial charge < -0.3 is 5.11 Å². The monoisotopic (exact) mass is 252 g/mol. The molecule has 2 atom stereocenters. The normalized spacial score (nSPS) is 28.0. The zero-order valence-corrected chi connectivity index (χ0v) is 11.6. The average Bonchev–Trinajstić information content (AvgIpc) is 2.19. The van der Waals surface area contributed by atoms with Crippen LogP contribution in [-0.4, -0.2) is 5.11 Å². The summed E-state index contributed by atoms with van der Waals surface area (Å²) in [7, 11) is 0. The summed E-state index contributed by atoms with van der Waals surface area (Å²) in [4.78, 5) is 0. The SMILES string of the molecule is CC1CC(c2ccc(O)c(Cl)c2)CC(C)(C)C1. The minimum Gasteiger partial charge on any atom is -0.506 e. The molecule has 17 heavy (non-hydrogen) atoms. The van der Waals surface area contributed by atoms with Gasteiger partial charge in [0.25, 0.3) is 0 Å². The van der Waals surface area contributed by atoms with E-state index in [4.69, 9.17) is 11.6 Å². The molecule has 0 radical (unpaired) electrons. The molecule has 0 saturated heterocycles. The molecule has 0 amide bonds. The van der Waals surface area contributed by atoms with Crippen LogP contribution in [0.2, 0.25) is 5.02 Å². The molecule has 1 saturated carbocycles. The van der Waals surface area contributed by atoms with Crippen LogP contribution in [0, 0.1) is 11.3 Å². The summed E-state index contributed by atoms with van der Waals surface area (Å²) in [6.45, 7) is 7.02. The minimum atomic E-state index is 0.179. The van der Waals surface area contributed by atoms with Crippen LogP contribution in [0.1, 0.15) is 51.5 Å². The fraction of sp³-hybridized carbons (Fsp3) is 0.600. The van der Waals surface area contributed by atoms with Crippen LogP contribution >= 0.6 is 11.6 Å². The second kappa shape index (κ2) is 4.53. The van der Waals surface area contributed by atoms with Crippen molar-refractivity contribution in [3.63, 3.8) is 0 Å². The van der Waals surface area contributed by atoms with Gasteiger partial charge in [0.2, 0.25) is 0 Å². The first-order valence-corrected chi connectivity index (χ1v) is 6.73. The standard InChI is InChI=1S/C15H21ClO/c1-10-6-12(9-15(2,3)8-10)11-4-5-14(17)13(16)7-11/h4-5,7,10,12,17H,6,8-9H2,1-3H3.